The maximum atomic E-state index is 2.62. The van der Waals surface area contributed by atoms with Crippen molar-refractivity contribution in [2.45, 2.75) is 32.4 Å². The lowest BCUT2D eigenvalue weighted by Crippen LogP contribution is -2.49. The first-order valence-electron chi connectivity index (χ1n) is 20.7. The Morgan fingerprint density at radius 2 is 0.897 bits per heavy atom. The maximum absolute atomic E-state index is 2.62. The van der Waals surface area contributed by atoms with E-state index in [-0.39, 0.29) is 5.41 Å². The standard InChI is InChI=1S/C57H42Si/c1-57(2)51-25-15-14-22-42(51)43-28-26-36(31-52(43)57)37-27-29-44-47-33-49-50(34-54(47)58(3,4)53(44)32-37)55(35-16-6-5-7-17-35)45-23-12-13-24-46(45)56(49)48-30-38-18-8-9-19-39(38)40-20-10-11-21-41(40)48/h5-34H,1-4H3. The molecule has 58 heavy (non-hydrogen) atoms. The first kappa shape index (κ1) is 33.6. The molecule has 274 valence electrons. The molecule has 1 heteroatoms. The van der Waals surface area contributed by atoms with Gasteiger partial charge in [-0.15, -0.1) is 0 Å². The van der Waals surface area contributed by atoms with E-state index in [2.05, 4.69) is 209 Å². The molecule has 0 nitrogen and oxygen atoms in total. The fraction of sp³-hybridized carbons (Fsp3) is 0.0877. The van der Waals surface area contributed by atoms with Crippen LogP contribution in [0.3, 0.4) is 0 Å². The second-order valence-electron chi connectivity index (χ2n) is 17.6. The van der Waals surface area contributed by atoms with Crippen molar-refractivity contribution in [1.29, 1.82) is 0 Å². The molecule has 0 unspecified atom stereocenters. The highest BCUT2D eigenvalue weighted by Crippen LogP contribution is 2.51. The Hall–Kier alpha value is -6.54. The Balaban J connectivity index is 1.13. The molecular formula is C57H42Si. The van der Waals surface area contributed by atoms with E-state index in [0.29, 0.717) is 0 Å². The number of hydrogen-bond donors (Lipinski definition) is 0. The van der Waals surface area contributed by atoms with E-state index in [0.717, 1.165) is 0 Å². The van der Waals surface area contributed by atoms with E-state index < -0.39 is 8.07 Å². The number of rotatable bonds is 3. The minimum Gasteiger partial charge on any atom is -0.0622 e. The zero-order valence-electron chi connectivity index (χ0n) is 33.3. The van der Waals surface area contributed by atoms with Crippen LogP contribution in [-0.4, -0.2) is 8.07 Å². The number of fused-ring (bicyclic) bond motifs is 11. The van der Waals surface area contributed by atoms with Crippen molar-refractivity contribution in [3.8, 4) is 55.6 Å². The largest absolute Gasteiger partial charge is 0.113 e. The van der Waals surface area contributed by atoms with Crippen LogP contribution in [0.25, 0.3) is 98.7 Å². The van der Waals surface area contributed by atoms with Crippen LogP contribution >= 0.6 is 0 Å². The molecular weight excluding hydrogens is 713 g/mol. The van der Waals surface area contributed by atoms with Crippen molar-refractivity contribution in [3.05, 3.63) is 193 Å². The van der Waals surface area contributed by atoms with Gasteiger partial charge in [-0.25, -0.2) is 0 Å². The molecule has 0 N–H and O–H groups in total. The van der Waals surface area contributed by atoms with Crippen molar-refractivity contribution in [2.24, 2.45) is 0 Å². The van der Waals surface area contributed by atoms with E-state index >= 15 is 0 Å². The smallest absolute Gasteiger partial charge is 0.0622 e. The van der Waals surface area contributed by atoms with E-state index in [1.54, 1.807) is 0 Å². The predicted molar refractivity (Wildman–Crippen MR) is 253 cm³/mol. The van der Waals surface area contributed by atoms with Gasteiger partial charge in [-0.3, -0.25) is 0 Å². The summed E-state index contributed by atoms with van der Waals surface area (Å²) >= 11 is 0. The topological polar surface area (TPSA) is 0 Å². The lowest BCUT2D eigenvalue weighted by molar-refractivity contribution is 0.660. The van der Waals surface area contributed by atoms with E-state index in [1.807, 2.05) is 0 Å². The highest BCUT2D eigenvalue weighted by molar-refractivity contribution is 7.04. The van der Waals surface area contributed by atoms with Crippen LogP contribution in [0.2, 0.25) is 13.1 Å². The summed E-state index contributed by atoms with van der Waals surface area (Å²) in [5.41, 5.74) is 16.2. The summed E-state index contributed by atoms with van der Waals surface area (Å²) in [4.78, 5) is 0. The van der Waals surface area contributed by atoms with Crippen LogP contribution in [0.15, 0.2) is 182 Å². The van der Waals surface area contributed by atoms with Crippen molar-refractivity contribution < 1.29 is 0 Å². The Labute approximate surface area is 341 Å². The second kappa shape index (κ2) is 12.0. The van der Waals surface area contributed by atoms with Gasteiger partial charge in [-0.2, -0.15) is 0 Å². The fourth-order valence-electron chi connectivity index (χ4n) is 10.9. The molecule has 0 bridgehead atoms. The predicted octanol–water partition coefficient (Wildman–Crippen LogP) is 14.4. The number of benzene rings is 10. The second-order valence-corrected chi connectivity index (χ2v) is 21.9. The SMILES string of the molecule is CC1(C)c2ccccc2-c2ccc(-c3ccc4c(c3)[Si](C)(C)c3cc5c(-c6ccccc6)c6ccccc6c(-c6cc7ccccc7c7ccccc67)c5cc3-4)cc21. The Bertz CT molecular complexity index is 3380. The van der Waals surface area contributed by atoms with Crippen LogP contribution in [0.4, 0.5) is 0 Å². The van der Waals surface area contributed by atoms with Gasteiger partial charge in [0.15, 0.2) is 0 Å². The van der Waals surface area contributed by atoms with Crippen LogP contribution in [-0.2, 0) is 5.41 Å². The van der Waals surface area contributed by atoms with Crippen LogP contribution < -0.4 is 10.4 Å². The molecule has 10 aromatic carbocycles. The van der Waals surface area contributed by atoms with Gasteiger partial charge in [-0.1, -0.05) is 191 Å². The first-order valence-corrected chi connectivity index (χ1v) is 23.7. The zero-order chi connectivity index (χ0) is 38.9. The van der Waals surface area contributed by atoms with Gasteiger partial charge in [-0.05, 0) is 138 Å². The molecule has 2 aliphatic rings. The van der Waals surface area contributed by atoms with Crippen molar-refractivity contribution in [3.63, 3.8) is 0 Å². The lowest BCUT2D eigenvalue weighted by atomic mass is 9.81. The Morgan fingerprint density at radius 1 is 0.328 bits per heavy atom. The third-order valence-electron chi connectivity index (χ3n) is 13.8. The maximum Gasteiger partial charge on any atom is 0.113 e. The Kier molecular flexibility index (Phi) is 6.94. The summed E-state index contributed by atoms with van der Waals surface area (Å²) in [6.45, 7) is 9.89. The molecule has 0 fully saturated rings. The lowest BCUT2D eigenvalue weighted by Gasteiger charge is -2.23. The average Bonchev–Trinajstić information content (AvgIpc) is 3.63. The highest BCUT2D eigenvalue weighted by Gasteiger charge is 2.39. The van der Waals surface area contributed by atoms with Crippen LogP contribution in [0.1, 0.15) is 25.0 Å². The summed E-state index contributed by atoms with van der Waals surface area (Å²) in [6.07, 6.45) is 0. The third-order valence-corrected chi connectivity index (χ3v) is 17.4. The molecule has 1 aliphatic heterocycles. The molecule has 0 aromatic heterocycles. The molecule has 0 radical (unpaired) electrons. The van der Waals surface area contributed by atoms with E-state index in [1.165, 1.54) is 120 Å². The first-order chi connectivity index (χ1) is 28.3. The average molecular weight is 755 g/mol. The van der Waals surface area contributed by atoms with Gasteiger partial charge in [0.1, 0.15) is 8.07 Å². The van der Waals surface area contributed by atoms with Crippen molar-refractivity contribution >= 4 is 61.5 Å². The molecule has 12 rings (SSSR count). The highest BCUT2D eigenvalue weighted by atomic mass is 28.3. The van der Waals surface area contributed by atoms with E-state index in [9.17, 15) is 0 Å². The van der Waals surface area contributed by atoms with Gasteiger partial charge < -0.3 is 0 Å². The normalized spacial score (nSPS) is 14.5. The summed E-state index contributed by atoms with van der Waals surface area (Å²) in [6, 6.07) is 69.2. The third kappa shape index (κ3) is 4.57. The van der Waals surface area contributed by atoms with Gasteiger partial charge in [0, 0.05) is 5.41 Å². The van der Waals surface area contributed by atoms with Crippen molar-refractivity contribution in [1.82, 2.24) is 0 Å². The van der Waals surface area contributed by atoms with E-state index in [4.69, 9.17) is 0 Å². The molecule has 0 atom stereocenters. The van der Waals surface area contributed by atoms with Gasteiger partial charge in [0.25, 0.3) is 0 Å². The summed E-state index contributed by atoms with van der Waals surface area (Å²) in [5, 5.41) is 13.5. The monoisotopic (exact) mass is 754 g/mol. The van der Waals surface area contributed by atoms with Crippen LogP contribution in [0, 0.1) is 0 Å². The zero-order valence-corrected chi connectivity index (χ0v) is 34.3. The van der Waals surface area contributed by atoms with Crippen molar-refractivity contribution in [2.75, 3.05) is 0 Å². The molecule has 0 amide bonds. The summed E-state index contributed by atoms with van der Waals surface area (Å²) < 4.78 is 0. The van der Waals surface area contributed by atoms with Crippen LogP contribution in [0.5, 0.6) is 0 Å². The molecule has 1 aliphatic carbocycles. The van der Waals surface area contributed by atoms with Gasteiger partial charge >= 0.3 is 0 Å². The molecule has 0 saturated heterocycles. The van der Waals surface area contributed by atoms with Gasteiger partial charge in [0.05, 0.1) is 0 Å². The number of hydrogen-bond acceptors (Lipinski definition) is 0. The molecule has 0 saturated carbocycles. The quantitative estimate of drug-likeness (QED) is 0.0957. The molecule has 1 heterocycles. The molecule has 10 aromatic rings. The Morgan fingerprint density at radius 3 is 1.69 bits per heavy atom. The minimum atomic E-state index is -2.13. The summed E-state index contributed by atoms with van der Waals surface area (Å²) in [7, 11) is -2.13. The molecule has 0 spiro atoms. The summed E-state index contributed by atoms with van der Waals surface area (Å²) in [5.74, 6) is 0. The fourth-order valence-corrected chi connectivity index (χ4v) is 14.0. The van der Waals surface area contributed by atoms with Gasteiger partial charge in [0.2, 0.25) is 0 Å². The minimum absolute atomic E-state index is 0.0307.